The molecule has 0 aliphatic carbocycles. The zero-order valence-corrected chi connectivity index (χ0v) is 15.6. The monoisotopic (exact) mass is 394 g/mol. The number of phenolic OH excluding ortho intramolecular Hbond substituents is 1. The van der Waals surface area contributed by atoms with Gasteiger partial charge in [-0.2, -0.15) is 5.10 Å². The lowest BCUT2D eigenvalue weighted by Crippen LogP contribution is -2.33. The van der Waals surface area contributed by atoms with E-state index in [0.717, 1.165) is 4.57 Å². The number of benzene rings is 2. The van der Waals surface area contributed by atoms with Gasteiger partial charge in [-0.15, -0.1) is 0 Å². The second kappa shape index (κ2) is 7.85. The summed E-state index contributed by atoms with van der Waals surface area (Å²) >= 11 is 0. The van der Waals surface area contributed by atoms with Crippen molar-refractivity contribution >= 4 is 11.6 Å². The molecule has 3 aromatic rings. The number of phenols is 1. The first kappa shape index (κ1) is 19.6. The van der Waals surface area contributed by atoms with Crippen LogP contribution in [0.1, 0.15) is 28.4 Å². The van der Waals surface area contributed by atoms with Crippen LogP contribution < -0.4 is 16.7 Å². The van der Waals surface area contributed by atoms with E-state index < -0.39 is 23.0 Å². The molecule has 0 aliphatic rings. The molecule has 0 unspecified atom stereocenters. The fourth-order valence-electron chi connectivity index (χ4n) is 2.81. The number of aromatic nitrogens is 2. The van der Waals surface area contributed by atoms with Crippen LogP contribution in [0.3, 0.4) is 0 Å². The van der Waals surface area contributed by atoms with E-state index in [1.165, 1.54) is 19.1 Å². The first-order chi connectivity index (χ1) is 13.8. The molecule has 1 amide bonds. The molecule has 2 aromatic carbocycles. The third kappa shape index (κ3) is 3.79. The van der Waals surface area contributed by atoms with Gasteiger partial charge in [-0.05, 0) is 37.6 Å². The fourth-order valence-corrected chi connectivity index (χ4v) is 2.81. The summed E-state index contributed by atoms with van der Waals surface area (Å²) in [5.41, 5.74) is 1.33. The number of rotatable bonds is 4. The summed E-state index contributed by atoms with van der Waals surface area (Å²) in [5, 5.41) is 24.2. The molecule has 0 spiro atoms. The standard InChI is InChI=1S/C20H18N4O5/c1-11-7-3-5-9-14(11)24-19(28)16(18(27)21-20(24)29)12(2)22-23-17(26)13-8-4-6-10-15(13)25/h3-10,25,28H,1-2H3,(H,23,26)(H,21,27,29)/b22-12+. The smallest absolute Gasteiger partial charge is 0.335 e. The summed E-state index contributed by atoms with van der Waals surface area (Å²) in [6.07, 6.45) is 0. The van der Waals surface area contributed by atoms with Gasteiger partial charge >= 0.3 is 5.69 Å². The summed E-state index contributed by atoms with van der Waals surface area (Å²) in [6, 6.07) is 12.7. The molecule has 0 saturated heterocycles. The van der Waals surface area contributed by atoms with E-state index >= 15 is 0 Å². The molecule has 148 valence electrons. The number of H-pyrrole nitrogens is 1. The van der Waals surface area contributed by atoms with Crippen molar-refractivity contribution in [3.05, 3.63) is 86.1 Å². The molecule has 1 aromatic heterocycles. The first-order valence-electron chi connectivity index (χ1n) is 8.58. The Hall–Kier alpha value is -4.14. The van der Waals surface area contributed by atoms with Crippen molar-refractivity contribution in [2.75, 3.05) is 0 Å². The minimum atomic E-state index is -0.851. The van der Waals surface area contributed by atoms with Crippen LogP contribution >= 0.6 is 0 Å². The van der Waals surface area contributed by atoms with Crippen LogP contribution in [0.2, 0.25) is 0 Å². The van der Waals surface area contributed by atoms with Crippen LogP contribution in [0.15, 0.2) is 63.2 Å². The minimum Gasteiger partial charge on any atom is -0.507 e. The van der Waals surface area contributed by atoms with E-state index in [1.807, 2.05) is 0 Å². The van der Waals surface area contributed by atoms with Gasteiger partial charge < -0.3 is 10.2 Å². The zero-order chi connectivity index (χ0) is 21.1. The van der Waals surface area contributed by atoms with Gasteiger partial charge in [0.2, 0.25) is 5.88 Å². The highest BCUT2D eigenvalue weighted by Gasteiger charge is 2.19. The van der Waals surface area contributed by atoms with Gasteiger partial charge in [0, 0.05) is 0 Å². The molecule has 0 fully saturated rings. The third-order valence-corrected chi connectivity index (χ3v) is 4.28. The number of aromatic amines is 1. The Morgan fingerprint density at radius 3 is 2.41 bits per heavy atom. The van der Waals surface area contributed by atoms with Crippen molar-refractivity contribution < 1.29 is 15.0 Å². The molecular weight excluding hydrogens is 376 g/mol. The number of nitrogens with zero attached hydrogens (tertiary/aromatic N) is 2. The number of carbonyl (C=O) groups is 1. The second-order valence-electron chi connectivity index (χ2n) is 6.24. The predicted octanol–water partition coefficient (Wildman–Crippen LogP) is 1.40. The highest BCUT2D eigenvalue weighted by Crippen LogP contribution is 2.20. The molecule has 0 bridgehead atoms. The summed E-state index contributed by atoms with van der Waals surface area (Å²) in [7, 11) is 0. The maximum atomic E-state index is 12.3. The van der Waals surface area contributed by atoms with Gasteiger partial charge in [-0.1, -0.05) is 30.3 Å². The number of aromatic hydroxyl groups is 2. The van der Waals surface area contributed by atoms with Crippen molar-refractivity contribution in [1.82, 2.24) is 15.0 Å². The van der Waals surface area contributed by atoms with Gasteiger partial charge in [0.25, 0.3) is 11.5 Å². The third-order valence-electron chi connectivity index (χ3n) is 4.28. The maximum absolute atomic E-state index is 12.3. The Labute approximate surface area is 164 Å². The Morgan fingerprint density at radius 1 is 1.07 bits per heavy atom. The Kier molecular flexibility index (Phi) is 5.31. The first-order valence-corrected chi connectivity index (χ1v) is 8.58. The number of nitrogens with one attached hydrogen (secondary N) is 2. The topological polar surface area (TPSA) is 137 Å². The molecule has 0 radical (unpaired) electrons. The Bertz CT molecular complexity index is 1240. The number of aryl methyl sites for hydroxylation is 1. The average molecular weight is 394 g/mol. The van der Waals surface area contributed by atoms with E-state index in [0.29, 0.717) is 11.3 Å². The highest BCUT2D eigenvalue weighted by atomic mass is 16.3. The van der Waals surface area contributed by atoms with Crippen LogP contribution in [-0.4, -0.2) is 31.4 Å². The SMILES string of the molecule is C/C(=N\NC(=O)c1ccccc1O)c1c(O)n(-c2ccccc2C)c(=O)[nH]c1=O. The molecule has 0 aliphatic heterocycles. The fraction of sp³-hybridized carbons (Fsp3) is 0.100. The lowest BCUT2D eigenvalue weighted by Gasteiger charge is -2.13. The van der Waals surface area contributed by atoms with E-state index in [9.17, 15) is 24.6 Å². The van der Waals surface area contributed by atoms with Crippen LogP contribution in [0.25, 0.3) is 5.69 Å². The largest absolute Gasteiger partial charge is 0.507 e. The minimum absolute atomic E-state index is 0.00735. The number of para-hydroxylation sites is 2. The number of hydrogen-bond donors (Lipinski definition) is 4. The maximum Gasteiger partial charge on any atom is 0.335 e. The van der Waals surface area contributed by atoms with E-state index in [4.69, 9.17) is 0 Å². The zero-order valence-electron chi connectivity index (χ0n) is 15.6. The summed E-state index contributed by atoms with van der Waals surface area (Å²) in [6.45, 7) is 3.14. The molecule has 0 atom stereocenters. The normalized spacial score (nSPS) is 11.3. The average Bonchev–Trinajstić information content (AvgIpc) is 2.67. The molecule has 0 saturated carbocycles. The Morgan fingerprint density at radius 2 is 1.72 bits per heavy atom. The van der Waals surface area contributed by atoms with Gasteiger partial charge in [0.15, 0.2) is 0 Å². The number of amides is 1. The van der Waals surface area contributed by atoms with E-state index in [2.05, 4.69) is 15.5 Å². The van der Waals surface area contributed by atoms with Gasteiger partial charge in [0.1, 0.15) is 11.3 Å². The van der Waals surface area contributed by atoms with Crippen LogP contribution in [-0.2, 0) is 0 Å². The number of hydrazone groups is 1. The molecule has 29 heavy (non-hydrogen) atoms. The van der Waals surface area contributed by atoms with Crippen molar-refractivity contribution in [3.63, 3.8) is 0 Å². The Balaban J connectivity index is 2.04. The summed E-state index contributed by atoms with van der Waals surface area (Å²) < 4.78 is 0.954. The quantitative estimate of drug-likeness (QED) is 0.392. The van der Waals surface area contributed by atoms with Crippen LogP contribution in [0.5, 0.6) is 11.6 Å². The summed E-state index contributed by atoms with van der Waals surface area (Å²) in [5.74, 6) is -1.54. The number of hydrogen-bond acceptors (Lipinski definition) is 6. The van der Waals surface area contributed by atoms with Crippen LogP contribution in [0, 0.1) is 6.92 Å². The molecule has 9 nitrogen and oxygen atoms in total. The molecule has 4 N–H and O–H groups in total. The van der Waals surface area contributed by atoms with Gasteiger partial charge in [-0.3, -0.25) is 14.6 Å². The predicted molar refractivity (Wildman–Crippen MR) is 107 cm³/mol. The lowest BCUT2D eigenvalue weighted by molar-refractivity contribution is 0.0952. The van der Waals surface area contributed by atoms with Crippen molar-refractivity contribution in [2.24, 2.45) is 5.10 Å². The second-order valence-corrected chi connectivity index (χ2v) is 6.24. The van der Waals surface area contributed by atoms with Crippen molar-refractivity contribution in [3.8, 4) is 17.3 Å². The molecular formula is C20H18N4O5. The van der Waals surface area contributed by atoms with E-state index in [1.54, 1.807) is 43.3 Å². The van der Waals surface area contributed by atoms with Crippen LogP contribution in [0.4, 0.5) is 0 Å². The van der Waals surface area contributed by atoms with Gasteiger partial charge in [-0.25, -0.2) is 14.8 Å². The van der Waals surface area contributed by atoms with Crippen molar-refractivity contribution in [2.45, 2.75) is 13.8 Å². The molecule has 9 heteroatoms. The molecule has 3 rings (SSSR count). The summed E-state index contributed by atoms with van der Waals surface area (Å²) in [4.78, 5) is 38.9. The van der Waals surface area contributed by atoms with E-state index in [-0.39, 0.29) is 22.6 Å². The molecule has 1 heterocycles. The highest BCUT2D eigenvalue weighted by molar-refractivity contribution is 6.02. The number of carbonyl (C=O) groups excluding carboxylic acids is 1. The lowest BCUT2D eigenvalue weighted by atomic mass is 10.1. The van der Waals surface area contributed by atoms with Crippen molar-refractivity contribution in [1.29, 1.82) is 0 Å². The van der Waals surface area contributed by atoms with Gasteiger partial charge in [0.05, 0.1) is 17.0 Å².